The Labute approximate surface area is 167 Å². The highest BCUT2D eigenvalue weighted by Gasteiger charge is 2.17. The summed E-state index contributed by atoms with van der Waals surface area (Å²) in [5, 5.41) is 3.49. The van der Waals surface area contributed by atoms with Gasteiger partial charge < -0.3 is 5.32 Å². The Kier molecular flexibility index (Phi) is 6.98. The number of hydrogen-bond acceptors (Lipinski definition) is 3. The fourth-order valence-electron chi connectivity index (χ4n) is 3.02. The van der Waals surface area contributed by atoms with Crippen molar-refractivity contribution >= 4 is 10.0 Å². The Morgan fingerprint density at radius 1 is 0.821 bits per heavy atom. The van der Waals surface area contributed by atoms with Gasteiger partial charge in [0.1, 0.15) is 0 Å². The molecule has 0 heterocycles. The van der Waals surface area contributed by atoms with Crippen molar-refractivity contribution in [1.29, 1.82) is 0 Å². The summed E-state index contributed by atoms with van der Waals surface area (Å²) in [6, 6.07) is 27.0. The summed E-state index contributed by atoms with van der Waals surface area (Å²) in [6.07, 6.45) is 0.884. The fourth-order valence-corrected chi connectivity index (χ4v) is 4.07. The van der Waals surface area contributed by atoms with E-state index in [-0.39, 0.29) is 17.5 Å². The standard InChI is InChI=1S/C23H26N2O2S/c1-19-12-14-22(15-13-19)28(26,27)25-18-23(21-10-6-3-7-11-21)24-17-16-20-8-4-2-5-9-20/h2-15,23-25H,16-18H2,1H3. The van der Waals surface area contributed by atoms with Crippen molar-refractivity contribution in [3.63, 3.8) is 0 Å². The molecule has 3 rings (SSSR count). The minimum Gasteiger partial charge on any atom is -0.309 e. The van der Waals surface area contributed by atoms with E-state index in [2.05, 4.69) is 22.2 Å². The Morgan fingerprint density at radius 2 is 1.43 bits per heavy atom. The summed E-state index contributed by atoms with van der Waals surface area (Å²) in [5.41, 5.74) is 3.34. The van der Waals surface area contributed by atoms with Crippen LogP contribution in [0.25, 0.3) is 0 Å². The van der Waals surface area contributed by atoms with E-state index in [9.17, 15) is 8.42 Å². The van der Waals surface area contributed by atoms with Gasteiger partial charge in [-0.3, -0.25) is 0 Å². The van der Waals surface area contributed by atoms with Crippen molar-refractivity contribution in [2.24, 2.45) is 0 Å². The first kappa shape index (κ1) is 20.3. The summed E-state index contributed by atoms with van der Waals surface area (Å²) < 4.78 is 28.0. The lowest BCUT2D eigenvalue weighted by Crippen LogP contribution is -2.35. The van der Waals surface area contributed by atoms with E-state index in [1.54, 1.807) is 24.3 Å². The molecule has 0 aromatic heterocycles. The minimum atomic E-state index is -3.55. The van der Waals surface area contributed by atoms with Crippen LogP contribution in [-0.2, 0) is 16.4 Å². The topological polar surface area (TPSA) is 58.2 Å². The summed E-state index contributed by atoms with van der Waals surface area (Å²) in [4.78, 5) is 0.286. The molecular formula is C23H26N2O2S. The zero-order valence-electron chi connectivity index (χ0n) is 16.0. The van der Waals surface area contributed by atoms with Crippen LogP contribution in [0.5, 0.6) is 0 Å². The van der Waals surface area contributed by atoms with Gasteiger partial charge in [-0.2, -0.15) is 0 Å². The summed E-state index contributed by atoms with van der Waals surface area (Å²) in [6.45, 7) is 2.98. The number of hydrogen-bond donors (Lipinski definition) is 2. The number of rotatable bonds is 9. The van der Waals surface area contributed by atoms with Crippen molar-refractivity contribution in [2.45, 2.75) is 24.3 Å². The molecule has 0 aliphatic carbocycles. The molecule has 0 amide bonds. The molecule has 3 aromatic carbocycles. The predicted octanol–water partition coefficient (Wildman–Crippen LogP) is 3.85. The predicted molar refractivity (Wildman–Crippen MR) is 114 cm³/mol. The van der Waals surface area contributed by atoms with Gasteiger partial charge in [0.05, 0.1) is 4.90 Å². The lowest BCUT2D eigenvalue weighted by molar-refractivity contribution is 0.516. The smallest absolute Gasteiger partial charge is 0.240 e. The lowest BCUT2D eigenvalue weighted by Gasteiger charge is -2.20. The first-order valence-corrected chi connectivity index (χ1v) is 10.9. The van der Waals surface area contributed by atoms with Crippen LogP contribution in [0.3, 0.4) is 0 Å². The average molecular weight is 395 g/mol. The van der Waals surface area contributed by atoms with Crippen LogP contribution in [0.1, 0.15) is 22.7 Å². The van der Waals surface area contributed by atoms with Crippen LogP contribution in [0, 0.1) is 6.92 Å². The maximum Gasteiger partial charge on any atom is 0.240 e. The van der Waals surface area contributed by atoms with E-state index < -0.39 is 10.0 Å². The van der Waals surface area contributed by atoms with E-state index in [0.717, 1.165) is 24.1 Å². The Bertz CT molecular complexity index is 957. The molecule has 0 fully saturated rings. The number of nitrogens with one attached hydrogen (secondary N) is 2. The Hall–Kier alpha value is -2.47. The van der Waals surface area contributed by atoms with Gasteiger partial charge in [0.2, 0.25) is 10.0 Å². The molecular weight excluding hydrogens is 368 g/mol. The molecule has 2 N–H and O–H groups in total. The number of aryl methyl sites for hydroxylation is 1. The second-order valence-electron chi connectivity index (χ2n) is 6.82. The summed E-state index contributed by atoms with van der Waals surface area (Å²) in [7, 11) is -3.55. The van der Waals surface area contributed by atoms with Gasteiger partial charge in [0, 0.05) is 12.6 Å². The average Bonchev–Trinajstić information content (AvgIpc) is 2.72. The second-order valence-corrected chi connectivity index (χ2v) is 8.58. The highest BCUT2D eigenvalue weighted by atomic mass is 32.2. The molecule has 1 atom stereocenters. The molecule has 146 valence electrons. The largest absolute Gasteiger partial charge is 0.309 e. The highest BCUT2D eigenvalue weighted by Crippen LogP contribution is 2.15. The monoisotopic (exact) mass is 394 g/mol. The van der Waals surface area contributed by atoms with Gasteiger partial charge >= 0.3 is 0 Å². The SMILES string of the molecule is Cc1ccc(S(=O)(=O)NCC(NCCc2ccccc2)c2ccccc2)cc1. The third-order valence-corrected chi connectivity index (χ3v) is 6.10. The number of benzene rings is 3. The second kappa shape index (κ2) is 9.64. The first-order chi connectivity index (χ1) is 13.5. The number of sulfonamides is 1. The van der Waals surface area contributed by atoms with E-state index in [0.29, 0.717) is 0 Å². The van der Waals surface area contributed by atoms with Gasteiger partial charge in [0.25, 0.3) is 0 Å². The van der Waals surface area contributed by atoms with E-state index in [1.165, 1.54) is 5.56 Å². The summed E-state index contributed by atoms with van der Waals surface area (Å²) in [5.74, 6) is 0. The van der Waals surface area contributed by atoms with E-state index >= 15 is 0 Å². The van der Waals surface area contributed by atoms with Crippen molar-refractivity contribution in [1.82, 2.24) is 10.0 Å². The maximum atomic E-state index is 12.6. The quantitative estimate of drug-likeness (QED) is 0.580. The zero-order valence-corrected chi connectivity index (χ0v) is 16.8. The molecule has 0 bridgehead atoms. The van der Waals surface area contributed by atoms with Crippen molar-refractivity contribution < 1.29 is 8.42 Å². The van der Waals surface area contributed by atoms with Crippen molar-refractivity contribution in [3.8, 4) is 0 Å². The van der Waals surface area contributed by atoms with Crippen molar-refractivity contribution in [3.05, 3.63) is 102 Å². The van der Waals surface area contributed by atoms with E-state index in [1.807, 2.05) is 55.5 Å². The molecule has 0 aliphatic rings. The van der Waals surface area contributed by atoms with Gasteiger partial charge in [-0.05, 0) is 43.1 Å². The van der Waals surface area contributed by atoms with Gasteiger partial charge in [0.15, 0.2) is 0 Å². The molecule has 3 aromatic rings. The van der Waals surface area contributed by atoms with E-state index in [4.69, 9.17) is 0 Å². The van der Waals surface area contributed by atoms with Crippen LogP contribution in [0.15, 0.2) is 89.8 Å². The molecule has 0 aliphatic heterocycles. The third kappa shape index (κ3) is 5.76. The van der Waals surface area contributed by atoms with Crippen LogP contribution >= 0.6 is 0 Å². The van der Waals surface area contributed by atoms with Crippen LogP contribution in [0.4, 0.5) is 0 Å². The first-order valence-electron chi connectivity index (χ1n) is 9.43. The molecule has 0 spiro atoms. The van der Waals surface area contributed by atoms with Crippen LogP contribution in [-0.4, -0.2) is 21.5 Å². The molecule has 1 unspecified atom stereocenters. The minimum absolute atomic E-state index is 0.106. The van der Waals surface area contributed by atoms with Crippen LogP contribution in [0.2, 0.25) is 0 Å². The Morgan fingerprint density at radius 3 is 2.07 bits per heavy atom. The molecule has 28 heavy (non-hydrogen) atoms. The molecule has 0 radical (unpaired) electrons. The molecule has 0 saturated carbocycles. The van der Waals surface area contributed by atoms with Gasteiger partial charge in [-0.15, -0.1) is 0 Å². The zero-order chi connectivity index (χ0) is 19.8. The molecule has 5 heteroatoms. The van der Waals surface area contributed by atoms with Crippen molar-refractivity contribution in [2.75, 3.05) is 13.1 Å². The summed E-state index contributed by atoms with van der Waals surface area (Å²) >= 11 is 0. The maximum absolute atomic E-state index is 12.6. The highest BCUT2D eigenvalue weighted by molar-refractivity contribution is 7.89. The lowest BCUT2D eigenvalue weighted by atomic mass is 10.1. The van der Waals surface area contributed by atoms with Gasteiger partial charge in [-0.1, -0.05) is 78.4 Å². The van der Waals surface area contributed by atoms with Crippen LogP contribution < -0.4 is 10.0 Å². The fraction of sp³-hybridized carbons (Fsp3) is 0.217. The van der Waals surface area contributed by atoms with Gasteiger partial charge in [-0.25, -0.2) is 13.1 Å². The Balaban J connectivity index is 1.66. The molecule has 0 saturated heterocycles. The normalized spacial score (nSPS) is 12.6. The molecule has 4 nitrogen and oxygen atoms in total. The third-order valence-electron chi connectivity index (χ3n) is 4.66.